The van der Waals surface area contributed by atoms with Gasteiger partial charge >= 0.3 is 0 Å². The first-order valence-corrected chi connectivity index (χ1v) is 8.31. The molecule has 1 aliphatic rings. The van der Waals surface area contributed by atoms with Gasteiger partial charge < -0.3 is 5.11 Å². The van der Waals surface area contributed by atoms with Gasteiger partial charge in [0.25, 0.3) is 0 Å². The number of benzene rings is 1. The molecule has 1 aliphatic heterocycles. The fourth-order valence-corrected chi connectivity index (χ4v) is 3.15. The Balaban J connectivity index is 1.65. The molecule has 1 aromatic heterocycles. The zero-order valence-electron chi connectivity index (χ0n) is 13.6. The zero-order chi connectivity index (χ0) is 16.2. The third kappa shape index (κ3) is 4.05. The van der Waals surface area contributed by atoms with Crippen LogP contribution >= 0.6 is 0 Å². The van der Waals surface area contributed by atoms with Crippen molar-refractivity contribution >= 4 is 10.9 Å². The Hall–Kier alpha value is -1.56. The number of aliphatic hydroxyl groups is 1. The number of β-amino-alcohol motifs (C(OH)–C–C–N with tert-alkyl or cyclic N) is 1. The lowest BCUT2D eigenvalue weighted by atomic mass is 10.1. The Bertz CT molecular complexity index is 656. The van der Waals surface area contributed by atoms with E-state index in [2.05, 4.69) is 14.8 Å². The third-order valence-corrected chi connectivity index (χ3v) is 4.55. The second-order valence-corrected chi connectivity index (χ2v) is 6.28. The molecular formula is C18H24FN3O. The highest BCUT2D eigenvalue weighted by atomic mass is 19.1. The minimum atomic E-state index is -0.238. The van der Waals surface area contributed by atoms with E-state index < -0.39 is 0 Å². The van der Waals surface area contributed by atoms with Crippen LogP contribution in [0.5, 0.6) is 0 Å². The molecule has 0 spiro atoms. The molecule has 1 aromatic carbocycles. The average Bonchev–Trinajstić information content (AvgIpc) is 2.56. The summed E-state index contributed by atoms with van der Waals surface area (Å²) in [4.78, 5) is 9.05. The van der Waals surface area contributed by atoms with E-state index in [4.69, 9.17) is 0 Å². The van der Waals surface area contributed by atoms with Crippen molar-refractivity contribution in [1.29, 1.82) is 0 Å². The maximum atomic E-state index is 13.8. The van der Waals surface area contributed by atoms with Gasteiger partial charge in [0.1, 0.15) is 5.82 Å². The number of pyridine rings is 1. The van der Waals surface area contributed by atoms with Gasteiger partial charge in [0.05, 0.1) is 11.6 Å². The smallest absolute Gasteiger partial charge is 0.124 e. The molecule has 1 saturated heterocycles. The van der Waals surface area contributed by atoms with E-state index in [-0.39, 0.29) is 11.9 Å². The van der Waals surface area contributed by atoms with E-state index in [0.717, 1.165) is 62.2 Å². The van der Waals surface area contributed by atoms with Gasteiger partial charge in [-0.3, -0.25) is 14.8 Å². The van der Waals surface area contributed by atoms with Gasteiger partial charge in [0, 0.05) is 50.9 Å². The normalized spacial score (nSPS) is 18.4. The van der Waals surface area contributed by atoms with Crippen LogP contribution in [-0.4, -0.2) is 58.7 Å². The van der Waals surface area contributed by atoms with E-state index in [9.17, 15) is 9.50 Å². The monoisotopic (exact) mass is 317 g/mol. The molecule has 4 nitrogen and oxygen atoms in total. The van der Waals surface area contributed by atoms with Gasteiger partial charge in [0.2, 0.25) is 0 Å². The van der Waals surface area contributed by atoms with Crippen LogP contribution in [0.15, 0.2) is 30.5 Å². The molecule has 0 aliphatic carbocycles. The second kappa shape index (κ2) is 7.34. The van der Waals surface area contributed by atoms with Crippen LogP contribution in [0.2, 0.25) is 0 Å². The van der Waals surface area contributed by atoms with Crippen LogP contribution in [0.3, 0.4) is 0 Å². The summed E-state index contributed by atoms with van der Waals surface area (Å²) in [5.41, 5.74) is 1.83. The molecule has 1 atom stereocenters. The molecule has 1 fully saturated rings. The van der Waals surface area contributed by atoms with E-state index in [1.807, 2.05) is 19.1 Å². The van der Waals surface area contributed by atoms with E-state index in [1.54, 1.807) is 12.3 Å². The van der Waals surface area contributed by atoms with Crippen molar-refractivity contribution in [2.45, 2.75) is 26.0 Å². The van der Waals surface area contributed by atoms with Gasteiger partial charge in [-0.25, -0.2) is 4.39 Å². The minimum Gasteiger partial charge on any atom is -0.392 e. The number of hydrogen-bond donors (Lipinski definition) is 1. The van der Waals surface area contributed by atoms with E-state index in [0.29, 0.717) is 0 Å². The summed E-state index contributed by atoms with van der Waals surface area (Å²) in [6.45, 7) is 7.21. The minimum absolute atomic E-state index is 0.204. The Morgan fingerprint density at radius 1 is 1.22 bits per heavy atom. The molecule has 0 bridgehead atoms. The zero-order valence-corrected chi connectivity index (χ0v) is 13.6. The lowest BCUT2D eigenvalue weighted by molar-refractivity contribution is 0.0687. The van der Waals surface area contributed by atoms with Crippen LogP contribution in [-0.2, 0) is 6.54 Å². The third-order valence-electron chi connectivity index (χ3n) is 4.55. The van der Waals surface area contributed by atoms with Gasteiger partial charge in [0.15, 0.2) is 0 Å². The van der Waals surface area contributed by atoms with Crippen molar-refractivity contribution in [1.82, 2.24) is 14.8 Å². The summed E-state index contributed by atoms with van der Waals surface area (Å²) >= 11 is 0. The largest absolute Gasteiger partial charge is 0.392 e. The van der Waals surface area contributed by atoms with Gasteiger partial charge in [-0.2, -0.15) is 0 Å². The Labute approximate surface area is 136 Å². The number of halogens is 1. The standard InChI is InChI=1S/C18H24FN3O/c1-2-17(23)13-22-8-6-21(7-9-22)12-15-11-16(19)10-14-4-3-5-20-18(14)15/h3-5,10-11,17,23H,2,6-9,12-13H2,1H3. The summed E-state index contributed by atoms with van der Waals surface area (Å²) in [6, 6.07) is 6.88. The molecule has 1 unspecified atom stereocenters. The molecule has 3 rings (SSSR count). The summed E-state index contributed by atoms with van der Waals surface area (Å²) in [5, 5.41) is 10.6. The van der Waals surface area contributed by atoms with Crippen molar-refractivity contribution in [2.24, 2.45) is 0 Å². The fraction of sp³-hybridized carbons (Fsp3) is 0.500. The lowest BCUT2D eigenvalue weighted by Crippen LogP contribution is -2.48. The summed E-state index contributed by atoms with van der Waals surface area (Å²) in [5.74, 6) is -0.204. The maximum Gasteiger partial charge on any atom is 0.124 e. The maximum absolute atomic E-state index is 13.8. The van der Waals surface area contributed by atoms with Crippen LogP contribution in [0.1, 0.15) is 18.9 Å². The molecular weight excluding hydrogens is 293 g/mol. The fourth-order valence-electron chi connectivity index (χ4n) is 3.15. The Morgan fingerprint density at radius 3 is 2.70 bits per heavy atom. The molecule has 5 heteroatoms. The predicted octanol–water partition coefficient (Wildman–Crippen LogP) is 2.26. The molecule has 2 aromatic rings. The molecule has 1 N–H and O–H groups in total. The predicted molar refractivity (Wildman–Crippen MR) is 89.7 cm³/mol. The number of aromatic nitrogens is 1. The molecule has 0 saturated carbocycles. The molecule has 0 radical (unpaired) electrons. The molecule has 2 heterocycles. The highest BCUT2D eigenvalue weighted by molar-refractivity contribution is 5.81. The first-order valence-electron chi connectivity index (χ1n) is 8.31. The topological polar surface area (TPSA) is 39.6 Å². The second-order valence-electron chi connectivity index (χ2n) is 6.28. The molecule has 124 valence electrons. The first-order chi connectivity index (χ1) is 11.2. The number of nitrogens with zero attached hydrogens (tertiary/aromatic N) is 3. The van der Waals surface area contributed by atoms with Crippen molar-refractivity contribution in [3.63, 3.8) is 0 Å². The number of piperazine rings is 1. The Morgan fingerprint density at radius 2 is 1.96 bits per heavy atom. The van der Waals surface area contributed by atoms with Crippen molar-refractivity contribution in [2.75, 3.05) is 32.7 Å². The van der Waals surface area contributed by atoms with Crippen molar-refractivity contribution in [3.8, 4) is 0 Å². The van der Waals surface area contributed by atoms with E-state index in [1.165, 1.54) is 6.07 Å². The number of hydrogen-bond acceptors (Lipinski definition) is 4. The quantitative estimate of drug-likeness (QED) is 0.918. The SMILES string of the molecule is CCC(O)CN1CCN(Cc2cc(F)cc3cccnc23)CC1. The summed E-state index contributed by atoms with van der Waals surface area (Å²) < 4.78 is 13.8. The molecule has 0 amide bonds. The highest BCUT2D eigenvalue weighted by Gasteiger charge is 2.19. The summed E-state index contributed by atoms with van der Waals surface area (Å²) in [6.07, 6.45) is 2.31. The van der Waals surface area contributed by atoms with Crippen LogP contribution < -0.4 is 0 Å². The lowest BCUT2D eigenvalue weighted by Gasteiger charge is -2.35. The van der Waals surface area contributed by atoms with Gasteiger partial charge in [-0.15, -0.1) is 0 Å². The van der Waals surface area contributed by atoms with Crippen molar-refractivity contribution < 1.29 is 9.50 Å². The van der Waals surface area contributed by atoms with Crippen LogP contribution in [0.25, 0.3) is 10.9 Å². The van der Waals surface area contributed by atoms with Crippen LogP contribution in [0, 0.1) is 5.82 Å². The number of rotatable bonds is 5. The summed E-state index contributed by atoms with van der Waals surface area (Å²) in [7, 11) is 0. The average molecular weight is 317 g/mol. The first kappa shape index (κ1) is 16.3. The number of fused-ring (bicyclic) bond motifs is 1. The number of aliphatic hydroxyl groups excluding tert-OH is 1. The van der Waals surface area contributed by atoms with Gasteiger partial charge in [-0.05, 0) is 30.2 Å². The highest BCUT2D eigenvalue weighted by Crippen LogP contribution is 2.20. The van der Waals surface area contributed by atoms with E-state index >= 15 is 0 Å². The van der Waals surface area contributed by atoms with Crippen LogP contribution in [0.4, 0.5) is 4.39 Å². The molecule has 23 heavy (non-hydrogen) atoms. The van der Waals surface area contributed by atoms with Crippen molar-refractivity contribution in [3.05, 3.63) is 41.8 Å². The Kier molecular flexibility index (Phi) is 5.20. The van der Waals surface area contributed by atoms with Gasteiger partial charge in [-0.1, -0.05) is 13.0 Å².